The summed E-state index contributed by atoms with van der Waals surface area (Å²) in [5.74, 6) is 0. The van der Waals surface area contributed by atoms with E-state index >= 15 is 0 Å². The van der Waals surface area contributed by atoms with Crippen molar-refractivity contribution in [2.24, 2.45) is 0 Å². The summed E-state index contributed by atoms with van der Waals surface area (Å²) in [5, 5.41) is 1.66. The fourth-order valence-electron chi connectivity index (χ4n) is 3.08. The van der Waals surface area contributed by atoms with Gasteiger partial charge in [-0.1, -0.05) is 11.6 Å². The minimum atomic E-state index is -0.197. The molecule has 4 aromatic rings. The van der Waals surface area contributed by atoms with Gasteiger partial charge in [-0.25, -0.2) is 4.98 Å². The molecule has 0 spiro atoms. The number of nitrogens with zero attached hydrogens (tertiary/aromatic N) is 2. The minimum absolute atomic E-state index is 0.197. The van der Waals surface area contributed by atoms with Crippen molar-refractivity contribution in [3.63, 3.8) is 0 Å². The first kappa shape index (κ1) is 15.7. The first-order chi connectivity index (χ1) is 11.9. The molecule has 1 aromatic carbocycles. The van der Waals surface area contributed by atoms with Crippen LogP contribution in [-0.2, 0) is 6.42 Å². The van der Waals surface area contributed by atoms with Gasteiger partial charge in [-0.05, 0) is 49.2 Å². The summed E-state index contributed by atoms with van der Waals surface area (Å²) in [6.45, 7) is 4.14. The number of aryl methyl sites for hydroxylation is 2. The summed E-state index contributed by atoms with van der Waals surface area (Å²) in [6.07, 6.45) is 4.56. The zero-order chi connectivity index (χ0) is 17.7. The van der Waals surface area contributed by atoms with Crippen molar-refractivity contribution >= 4 is 33.7 Å². The van der Waals surface area contributed by atoms with Crippen molar-refractivity contribution < 1.29 is 0 Å². The molecule has 0 bridgehead atoms. The van der Waals surface area contributed by atoms with Crippen LogP contribution in [0.25, 0.3) is 16.4 Å². The second kappa shape index (κ2) is 5.63. The number of hydrogen-bond donors (Lipinski definition) is 2. The third-order valence-corrected chi connectivity index (χ3v) is 4.72. The topological polar surface area (TPSA) is 76.2 Å². The summed E-state index contributed by atoms with van der Waals surface area (Å²) in [7, 11) is 0. The highest BCUT2D eigenvalue weighted by Gasteiger charge is 2.09. The number of aromatic amines is 1. The van der Waals surface area contributed by atoms with Gasteiger partial charge in [0.25, 0.3) is 5.56 Å². The highest BCUT2D eigenvalue weighted by atomic mass is 35.5. The molecule has 6 heteroatoms. The van der Waals surface area contributed by atoms with Gasteiger partial charge in [0.2, 0.25) is 0 Å². The predicted octanol–water partition coefficient (Wildman–Crippen LogP) is 3.62. The average molecular weight is 353 g/mol. The Hall–Kier alpha value is -2.79. The number of pyridine rings is 2. The molecule has 0 aliphatic rings. The number of hydrogen-bond acceptors (Lipinski definition) is 3. The van der Waals surface area contributed by atoms with Crippen molar-refractivity contribution in [3.05, 3.63) is 74.6 Å². The minimum Gasteiger partial charge on any atom is -0.398 e. The maximum absolute atomic E-state index is 12.4. The van der Waals surface area contributed by atoms with E-state index in [0.29, 0.717) is 27.9 Å². The Bertz CT molecular complexity index is 1150. The first-order valence-electron chi connectivity index (χ1n) is 7.96. The molecule has 4 rings (SSSR count). The third-order valence-electron chi connectivity index (χ3n) is 4.50. The van der Waals surface area contributed by atoms with E-state index in [4.69, 9.17) is 17.3 Å². The van der Waals surface area contributed by atoms with Crippen LogP contribution in [0.3, 0.4) is 0 Å². The molecule has 0 radical (unpaired) electrons. The second-order valence-corrected chi connectivity index (χ2v) is 6.83. The molecule has 0 atom stereocenters. The summed E-state index contributed by atoms with van der Waals surface area (Å²) in [6, 6.07) is 7.24. The number of anilines is 1. The molecule has 3 aromatic heterocycles. The van der Waals surface area contributed by atoms with Gasteiger partial charge in [-0.3, -0.25) is 4.79 Å². The Balaban J connectivity index is 1.79. The van der Waals surface area contributed by atoms with Crippen LogP contribution in [0, 0.1) is 13.8 Å². The summed E-state index contributed by atoms with van der Waals surface area (Å²) in [5.41, 5.74) is 11.3. The molecule has 3 N–H and O–H groups in total. The van der Waals surface area contributed by atoms with E-state index in [1.165, 1.54) is 11.1 Å². The Labute approximate surface area is 149 Å². The molecule has 3 heterocycles. The van der Waals surface area contributed by atoms with E-state index in [1.807, 2.05) is 16.7 Å². The summed E-state index contributed by atoms with van der Waals surface area (Å²) >= 11 is 5.99. The number of fused-ring (bicyclic) bond motifs is 2. The zero-order valence-electron chi connectivity index (χ0n) is 13.9. The van der Waals surface area contributed by atoms with Crippen LogP contribution < -0.4 is 11.3 Å². The summed E-state index contributed by atoms with van der Waals surface area (Å²) in [4.78, 5) is 19.9. The highest BCUT2D eigenvalue weighted by molar-refractivity contribution is 6.31. The molecule has 0 unspecified atom stereocenters. The molecule has 126 valence electrons. The van der Waals surface area contributed by atoms with Crippen LogP contribution in [0.1, 0.15) is 22.5 Å². The van der Waals surface area contributed by atoms with Gasteiger partial charge >= 0.3 is 0 Å². The van der Waals surface area contributed by atoms with Gasteiger partial charge in [0.1, 0.15) is 5.65 Å². The molecule has 0 fully saturated rings. The molecule has 0 amide bonds. The van der Waals surface area contributed by atoms with Gasteiger partial charge in [0.05, 0.1) is 11.1 Å². The largest absolute Gasteiger partial charge is 0.398 e. The number of nitrogens with one attached hydrogen (secondary N) is 1. The fourth-order valence-corrected chi connectivity index (χ4v) is 3.30. The Kier molecular flexibility index (Phi) is 3.54. The number of aromatic nitrogens is 3. The molecular formula is C19H17ClN4O. The van der Waals surface area contributed by atoms with Crippen molar-refractivity contribution in [1.82, 2.24) is 14.4 Å². The van der Waals surface area contributed by atoms with E-state index in [2.05, 4.69) is 36.1 Å². The van der Waals surface area contributed by atoms with Gasteiger partial charge in [-0.2, -0.15) is 0 Å². The molecule has 5 nitrogen and oxygen atoms in total. The SMILES string of the molecule is Cc1cc2nc(Cc3cc4c(N)cc(Cl)cc4c(=O)[nH]3)cn2cc1C. The van der Waals surface area contributed by atoms with E-state index in [9.17, 15) is 4.79 Å². The average Bonchev–Trinajstić information content (AvgIpc) is 2.90. The maximum Gasteiger partial charge on any atom is 0.256 e. The van der Waals surface area contributed by atoms with Crippen LogP contribution in [0.15, 0.2) is 41.5 Å². The normalized spacial score (nSPS) is 11.5. The van der Waals surface area contributed by atoms with Crippen molar-refractivity contribution in [2.75, 3.05) is 5.73 Å². The van der Waals surface area contributed by atoms with Gasteiger partial charge in [-0.15, -0.1) is 0 Å². The van der Waals surface area contributed by atoms with Crippen LogP contribution in [0.2, 0.25) is 5.02 Å². The van der Waals surface area contributed by atoms with Gasteiger partial charge < -0.3 is 15.1 Å². The number of halogens is 1. The number of rotatable bonds is 2. The van der Waals surface area contributed by atoms with E-state index in [-0.39, 0.29) is 5.56 Å². The van der Waals surface area contributed by atoms with Crippen LogP contribution in [0.4, 0.5) is 5.69 Å². The smallest absolute Gasteiger partial charge is 0.256 e. The lowest BCUT2D eigenvalue weighted by atomic mass is 10.1. The maximum atomic E-state index is 12.4. The second-order valence-electron chi connectivity index (χ2n) is 6.39. The van der Waals surface area contributed by atoms with Crippen LogP contribution in [-0.4, -0.2) is 14.4 Å². The van der Waals surface area contributed by atoms with E-state index in [1.54, 1.807) is 12.1 Å². The number of nitrogens with two attached hydrogens (primary N) is 1. The Morgan fingerprint density at radius 2 is 1.92 bits per heavy atom. The number of benzene rings is 1. The zero-order valence-corrected chi connectivity index (χ0v) is 14.7. The molecule has 0 aliphatic heterocycles. The lowest BCUT2D eigenvalue weighted by Gasteiger charge is -2.05. The quantitative estimate of drug-likeness (QED) is 0.541. The monoisotopic (exact) mass is 352 g/mol. The molecular weight excluding hydrogens is 336 g/mol. The predicted molar refractivity (Wildman–Crippen MR) is 101 cm³/mol. The standard InChI is InChI=1S/C19H17ClN4O/c1-10-3-18-22-14(9-24(18)8-11(10)2)6-13-7-15-16(19(25)23-13)4-12(20)5-17(15)21/h3-5,7-9H,6,21H2,1-2H3,(H,23,25). The summed E-state index contributed by atoms with van der Waals surface area (Å²) < 4.78 is 2.00. The Morgan fingerprint density at radius 3 is 2.72 bits per heavy atom. The lowest BCUT2D eigenvalue weighted by molar-refractivity contribution is 1.02. The number of nitrogen functional groups attached to an aromatic ring is 1. The van der Waals surface area contributed by atoms with E-state index in [0.717, 1.165) is 17.0 Å². The molecule has 0 saturated heterocycles. The molecule has 25 heavy (non-hydrogen) atoms. The highest BCUT2D eigenvalue weighted by Crippen LogP contribution is 2.24. The van der Waals surface area contributed by atoms with E-state index < -0.39 is 0 Å². The number of H-pyrrole nitrogens is 1. The third kappa shape index (κ3) is 2.76. The van der Waals surface area contributed by atoms with Gasteiger partial charge in [0.15, 0.2) is 0 Å². The lowest BCUT2D eigenvalue weighted by Crippen LogP contribution is -2.10. The molecule has 0 saturated carbocycles. The van der Waals surface area contributed by atoms with Gasteiger partial charge in [0, 0.05) is 40.6 Å². The fraction of sp³-hybridized carbons (Fsp3) is 0.158. The van der Waals surface area contributed by atoms with Crippen LogP contribution in [0.5, 0.6) is 0 Å². The van der Waals surface area contributed by atoms with Crippen molar-refractivity contribution in [1.29, 1.82) is 0 Å². The Morgan fingerprint density at radius 1 is 1.12 bits per heavy atom. The van der Waals surface area contributed by atoms with Crippen LogP contribution >= 0.6 is 11.6 Å². The number of imidazole rings is 1. The first-order valence-corrected chi connectivity index (χ1v) is 8.34. The van der Waals surface area contributed by atoms with Crippen molar-refractivity contribution in [2.45, 2.75) is 20.3 Å². The molecule has 0 aliphatic carbocycles. The van der Waals surface area contributed by atoms with Crippen molar-refractivity contribution in [3.8, 4) is 0 Å².